The molecule has 0 aromatic carbocycles. The second-order valence-corrected chi connectivity index (χ2v) is 4.19. The quantitative estimate of drug-likeness (QED) is 0.621. The molecule has 0 saturated carbocycles. The number of rotatable bonds is 3. The van der Waals surface area contributed by atoms with Crippen LogP contribution in [0.2, 0.25) is 0 Å². The van der Waals surface area contributed by atoms with Gasteiger partial charge >= 0.3 is 0 Å². The third-order valence-corrected chi connectivity index (χ3v) is 2.51. The van der Waals surface area contributed by atoms with Crippen LogP contribution in [-0.2, 0) is 4.79 Å². The van der Waals surface area contributed by atoms with Crippen molar-refractivity contribution in [2.45, 2.75) is 33.2 Å². The second-order valence-electron chi connectivity index (χ2n) is 4.19. The molecule has 0 bridgehead atoms. The van der Waals surface area contributed by atoms with Crippen molar-refractivity contribution in [1.29, 1.82) is 5.26 Å². The molecule has 0 radical (unpaired) electrons. The van der Waals surface area contributed by atoms with Gasteiger partial charge in [0.1, 0.15) is 6.54 Å². The Balaban J connectivity index is 4.48. The molecule has 0 aromatic heterocycles. The van der Waals surface area contributed by atoms with Gasteiger partial charge in [0.2, 0.25) is 5.91 Å². The fraction of sp³-hybridized carbons (Fsp3) is 0.778. The first-order valence-electron chi connectivity index (χ1n) is 4.17. The number of nitrogens with zero attached hydrogens (tertiary/aromatic N) is 1. The second kappa shape index (κ2) is 3.75. The maximum Gasteiger partial charge on any atom is 0.228 e. The van der Waals surface area contributed by atoms with Crippen molar-refractivity contribution >= 4 is 5.91 Å². The van der Waals surface area contributed by atoms with Crippen molar-refractivity contribution in [3.63, 3.8) is 0 Å². The zero-order valence-electron chi connectivity index (χ0n) is 8.64. The highest BCUT2D eigenvalue weighted by Gasteiger charge is 2.40. The molecule has 0 aromatic rings. The molecule has 4 heteroatoms. The summed E-state index contributed by atoms with van der Waals surface area (Å²) in [6.07, 6.45) is 0. The molecule has 0 fully saturated rings. The summed E-state index contributed by atoms with van der Waals surface area (Å²) in [5, 5.41) is 10.8. The number of carbonyl (C=O) groups excluding carboxylic acids is 1. The van der Waals surface area contributed by atoms with E-state index in [1.54, 1.807) is 27.7 Å². The molecule has 0 aliphatic heterocycles. The van der Waals surface area contributed by atoms with E-state index in [9.17, 15) is 4.79 Å². The van der Waals surface area contributed by atoms with Crippen LogP contribution in [0.5, 0.6) is 0 Å². The van der Waals surface area contributed by atoms with Crippen LogP contribution in [0.15, 0.2) is 0 Å². The fourth-order valence-corrected chi connectivity index (χ4v) is 0.633. The number of hydrogen-bond acceptors (Lipinski definition) is 3. The standard InChI is InChI=1S/C9H17N3O/c1-8(2,9(3,4)11)7(13)12-6-5-10/h6,11H2,1-4H3,(H,12,13). The van der Waals surface area contributed by atoms with E-state index in [0.717, 1.165) is 0 Å². The third-order valence-electron chi connectivity index (χ3n) is 2.51. The Bertz CT molecular complexity index is 232. The molecule has 0 aliphatic carbocycles. The largest absolute Gasteiger partial charge is 0.342 e. The van der Waals surface area contributed by atoms with Crippen molar-refractivity contribution in [3.8, 4) is 6.07 Å². The molecule has 0 heterocycles. The zero-order valence-corrected chi connectivity index (χ0v) is 8.64. The lowest BCUT2D eigenvalue weighted by Crippen LogP contribution is -2.55. The van der Waals surface area contributed by atoms with Crippen LogP contribution in [0, 0.1) is 16.7 Å². The van der Waals surface area contributed by atoms with Gasteiger partial charge in [-0.3, -0.25) is 4.79 Å². The average Bonchev–Trinajstić information content (AvgIpc) is 1.97. The highest BCUT2D eigenvalue weighted by atomic mass is 16.2. The Kier molecular flexibility index (Phi) is 3.44. The van der Waals surface area contributed by atoms with E-state index in [-0.39, 0.29) is 12.5 Å². The lowest BCUT2D eigenvalue weighted by molar-refractivity contribution is -0.131. The van der Waals surface area contributed by atoms with Crippen LogP contribution in [-0.4, -0.2) is 18.0 Å². The summed E-state index contributed by atoms with van der Waals surface area (Å²) in [4.78, 5) is 11.5. The fourth-order valence-electron chi connectivity index (χ4n) is 0.633. The van der Waals surface area contributed by atoms with Crippen molar-refractivity contribution in [2.75, 3.05) is 6.54 Å². The summed E-state index contributed by atoms with van der Waals surface area (Å²) in [6.45, 7) is 7.13. The topological polar surface area (TPSA) is 78.9 Å². The molecule has 4 nitrogen and oxygen atoms in total. The Labute approximate surface area is 79.1 Å². The third kappa shape index (κ3) is 2.71. The molecule has 0 aliphatic rings. The normalized spacial score (nSPS) is 12.0. The summed E-state index contributed by atoms with van der Waals surface area (Å²) >= 11 is 0. The Hall–Kier alpha value is -1.08. The van der Waals surface area contributed by atoms with Crippen LogP contribution >= 0.6 is 0 Å². The van der Waals surface area contributed by atoms with E-state index < -0.39 is 11.0 Å². The highest BCUT2D eigenvalue weighted by molar-refractivity contribution is 5.83. The summed E-state index contributed by atoms with van der Waals surface area (Å²) in [6, 6.07) is 1.85. The molecular weight excluding hydrogens is 166 g/mol. The average molecular weight is 183 g/mol. The van der Waals surface area contributed by atoms with Crippen LogP contribution in [0.25, 0.3) is 0 Å². The smallest absolute Gasteiger partial charge is 0.228 e. The number of nitrogens with one attached hydrogen (secondary N) is 1. The monoisotopic (exact) mass is 183 g/mol. The van der Waals surface area contributed by atoms with Gasteiger partial charge in [0.05, 0.1) is 11.5 Å². The number of hydrogen-bond donors (Lipinski definition) is 2. The molecule has 3 N–H and O–H groups in total. The van der Waals surface area contributed by atoms with Crippen LogP contribution in [0.1, 0.15) is 27.7 Å². The van der Waals surface area contributed by atoms with Crippen LogP contribution < -0.4 is 11.1 Å². The SMILES string of the molecule is CC(C)(N)C(C)(C)C(=O)NCC#N. The van der Waals surface area contributed by atoms with Gasteiger partial charge in [-0.25, -0.2) is 0 Å². The minimum Gasteiger partial charge on any atom is -0.342 e. The number of nitriles is 1. The van der Waals surface area contributed by atoms with Gasteiger partial charge in [0.15, 0.2) is 0 Å². The summed E-state index contributed by atoms with van der Waals surface area (Å²) in [7, 11) is 0. The predicted molar refractivity (Wildman–Crippen MR) is 50.7 cm³/mol. The maximum absolute atomic E-state index is 11.5. The molecular formula is C9H17N3O. The maximum atomic E-state index is 11.5. The minimum atomic E-state index is -0.677. The number of carbonyl (C=O) groups is 1. The van der Waals surface area contributed by atoms with Gasteiger partial charge in [-0.15, -0.1) is 0 Å². The van der Waals surface area contributed by atoms with Gasteiger partial charge in [-0.2, -0.15) is 5.26 Å². The first kappa shape index (κ1) is 11.9. The van der Waals surface area contributed by atoms with Crippen molar-refractivity contribution < 1.29 is 4.79 Å². The molecule has 0 rings (SSSR count). The predicted octanol–water partition coefficient (Wildman–Crippen LogP) is 0.390. The molecule has 0 spiro atoms. The van der Waals surface area contributed by atoms with E-state index in [4.69, 9.17) is 11.0 Å². The van der Waals surface area contributed by atoms with Gasteiger partial charge in [0, 0.05) is 5.54 Å². The van der Waals surface area contributed by atoms with Crippen molar-refractivity contribution in [3.05, 3.63) is 0 Å². The van der Waals surface area contributed by atoms with Crippen molar-refractivity contribution in [2.24, 2.45) is 11.1 Å². The first-order valence-corrected chi connectivity index (χ1v) is 4.17. The highest BCUT2D eigenvalue weighted by Crippen LogP contribution is 2.27. The van der Waals surface area contributed by atoms with Crippen molar-refractivity contribution in [1.82, 2.24) is 5.32 Å². The van der Waals surface area contributed by atoms with Crippen LogP contribution in [0.3, 0.4) is 0 Å². The van der Waals surface area contributed by atoms with Gasteiger partial charge < -0.3 is 11.1 Å². The molecule has 0 unspecified atom stereocenters. The Morgan fingerprint density at radius 2 is 1.92 bits per heavy atom. The van der Waals surface area contributed by atoms with E-state index in [1.165, 1.54) is 0 Å². The first-order chi connectivity index (χ1) is 5.73. The molecule has 0 atom stereocenters. The Morgan fingerprint density at radius 1 is 1.46 bits per heavy atom. The Morgan fingerprint density at radius 3 is 2.23 bits per heavy atom. The molecule has 1 amide bonds. The molecule has 0 saturated heterocycles. The van der Waals surface area contributed by atoms with Crippen LogP contribution in [0.4, 0.5) is 0 Å². The summed E-state index contributed by atoms with van der Waals surface area (Å²) in [5.74, 6) is -0.193. The lowest BCUT2D eigenvalue weighted by Gasteiger charge is -2.36. The van der Waals surface area contributed by atoms with E-state index in [2.05, 4.69) is 5.32 Å². The molecule has 74 valence electrons. The van der Waals surface area contributed by atoms with E-state index in [1.807, 2.05) is 6.07 Å². The zero-order chi connectivity index (χ0) is 10.7. The minimum absolute atomic E-state index is 0.0261. The van der Waals surface area contributed by atoms with E-state index >= 15 is 0 Å². The summed E-state index contributed by atoms with van der Waals surface area (Å²) < 4.78 is 0. The van der Waals surface area contributed by atoms with E-state index in [0.29, 0.717) is 0 Å². The van der Waals surface area contributed by atoms with Gasteiger partial charge in [-0.05, 0) is 27.7 Å². The lowest BCUT2D eigenvalue weighted by atomic mass is 9.74. The molecule has 13 heavy (non-hydrogen) atoms. The number of nitrogens with two attached hydrogens (primary N) is 1. The van der Waals surface area contributed by atoms with Gasteiger partial charge in [-0.1, -0.05) is 0 Å². The van der Waals surface area contributed by atoms with Gasteiger partial charge in [0.25, 0.3) is 0 Å². The number of amides is 1. The summed E-state index contributed by atoms with van der Waals surface area (Å²) in [5.41, 5.74) is 4.56.